The van der Waals surface area contributed by atoms with E-state index in [2.05, 4.69) is 22.5 Å². The highest BCUT2D eigenvalue weighted by atomic mass is 16.2. The van der Waals surface area contributed by atoms with Gasteiger partial charge in [-0.1, -0.05) is 62.9 Å². The molecule has 5 nitrogen and oxygen atoms in total. The summed E-state index contributed by atoms with van der Waals surface area (Å²) < 4.78 is 0. The number of rotatable bonds is 11. The van der Waals surface area contributed by atoms with Gasteiger partial charge in [0.2, 0.25) is 5.91 Å². The van der Waals surface area contributed by atoms with Crippen LogP contribution in [0, 0.1) is 0 Å². The fraction of sp³-hybridized carbons (Fsp3) is 0.481. The van der Waals surface area contributed by atoms with Gasteiger partial charge in [0, 0.05) is 30.9 Å². The number of nitrogens with one attached hydrogen (secondary N) is 2. The molecule has 0 bridgehead atoms. The number of carbonyl (C=O) groups is 2. The Hall–Kier alpha value is -2.82. The molecule has 1 saturated heterocycles. The zero-order chi connectivity index (χ0) is 22.8. The number of carbonyl (C=O) groups excluding carboxylic acids is 2. The quantitative estimate of drug-likeness (QED) is 0.421. The summed E-state index contributed by atoms with van der Waals surface area (Å²) in [6.45, 7) is 6.09. The van der Waals surface area contributed by atoms with Gasteiger partial charge in [-0.2, -0.15) is 0 Å². The van der Waals surface area contributed by atoms with Gasteiger partial charge in [-0.15, -0.1) is 0 Å². The van der Waals surface area contributed by atoms with E-state index in [0.717, 1.165) is 50.0 Å². The molecular weight excluding hydrogens is 398 g/mol. The number of amides is 2. The summed E-state index contributed by atoms with van der Waals surface area (Å²) in [4.78, 5) is 27.9. The third-order valence-corrected chi connectivity index (χ3v) is 6.13. The van der Waals surface area contributed by atoms with Crippen LogP contribution >= 0.6 is 0 Å². The van der Waals surface area contributed by atoms with Crippen molar-refractivity contribution < 1.29 is 9.59 Å². The molecule has 1 atom stereocenters. The predicted octanol–water partition coefficient (Wildman–Crippen LogP) is 6.08. The number of anilines is 2. The van der Waals surface area contributed by atoms with Crippen molar-refractivity contribution in [1.82, 2.24) is 5.32 Å². The van der Waals surface area contributed by atoms with Gasteiger partial charge in [0.25, 0.3) is 5.91 Å². The van der Waals surface area contributed by atoms with Crippen LogP contribution in [0.4, 0.5) is 11.4 Å². The van der Waals surface area contributed by atoms with Gasteiger partial charge in [-0.3, -0.25) is 9.59 Å². The molecule has 1 heterocycles. The largest absolute Gasteiger partial charge is 0.371 e. The van der Waals surface area contributed by atoms with Crippen molar-refractivity contribution >= 4 is 23.2 Å². The van der Waals surface area contributed by atoms with Crippen LogP contribution in [-0.2, 0) is 4.79 Å². The Morgan fingerprint density at radius 3 is 2.41 bits per heavy atom. The molecule has 2 aromatic rings. The molecule has 2 amide bonds. The number of benzene rings is 2. The minimum absolute atomic E-state index is 0.0134. The summed E-state index contributed by atoms with van der Waals surface area (Å²) in [5.41, 5.74) is 3.31. The fourth-order valence-electron chi connectivity index (χ4n) is 4.24. The Kier molecular flexibility index (Phi) is 9.14. The van der Waals surface area contributed by atoms with Crippen molar-refractivity contribution in [3.8, 4) is 0 Å². The molecule has 0 aromatic heterocycles. The van der Waals surface area contributed by atoms with E-state index < -0.39 is 0 Å². The summed E-state index contributed by atoms with van der Waals surface area (Å²) in [6.07, 6.45) is 8.38. The fourth-order valence-corrected chi connectivity index (χ4v) is 4.24. The van der Waals surface area contributed by atoms with Gasteiger partial charge in [-0.25, -0.2) is 0 Å². The topological polar surface area (TPSA) is 61.4 Å². The Labute approximate surface area is 192 Å². The Balaban J connectivity index is 1.70. The molecule has 0 spiro atoms. The van der Waals surface area contributed by atoms with Crippen molar-refractivity contribution in [3.05, 3.63) is 59.7 Å². The highest BCUT2D eigenvalue weighted by Gasteiger charge is 2.21. The first-order chi connectivity index (χ1) is 15.6. The van der Waals surface area contributed by atoms with E-state index in [4.69, 9.17) is 0 Å². The van der Waals surface area contributed by atoms with Gasteiger partial charge in [-0.05, 0) is 49.9 Å². The van der Waals surface area contributed by atoms with E-state index in [-0.39, 0.29) is 17.9 Å². The van der Waals surface area contributed by atoms with Crippen LogP contribution in [0.5, 0.6) is 0 Å². The minimum atomic E-state index is -0.112. The molecule has 32 heavy (non-hydrogen) atoms. The third kappa shape index (κ3) is 6.84. The molecular formula is C27H37N3O2. The Bertz CT molecular complexity index is 876. The van der Waals surface area contributed by atoms with Gasteiger partial charge < -0.3 is 15.5 Å². The first kappa shape index (κ1) is 23.8. The Morgan fingerprint density at radius 2 is 1.69 bits per heavy atom. The summed E-state index contributed by atoms with van der Waals surface area (Å²) in [7, 11) is 0. The molecule has 1 aliphatic rings. The zero-order valence-electron chi connectivity index (χ0n) is 19.5. The Morgan fingerprint density at radius 1 is 0.969 bits per heavy atom. The maximum Gasteiger partial charge on any atom is 0.253 e. The average Bonchev–Trinajstić information content (AvgIpc) is 3.34. The lowest BCUT2D eigenvalue weighted by Gasteiger charge is -2.23. The van der Waals surface area contributed by atoms with Crippen LogP contribution in [0.1, 0.15) is 87.2 Å². The van der Waals surface area contributed by atoms with Gasteiger partial charge >= 0.3 is 0 Å². The molecule has 1 unspecified atom stereocenters. The highest BCUT2D eigenvalue weighted by Crippen LogP contribution is 2.28. The lowest BCUT2D eigenvalue weighted by Crippen LogP contribution is -2.29. The van der Waals surface area contributed by atoms with Crippen LogP contribution in [-0.4, -0.2) is 24.9 Å². The third-order valence-electron chi connectivity index (χ3n) is 6.13. The van der Waals surface area contributed by atoms with Crippen molar-refractivity contribution in [2.45, 2.75) is 71.3 Å². The molecule has 1 fully saturated rings. The summed E-state index contributed by atoms with van der Waals surface area (Å²) in [5.74, 6) is -0.0987. The van der Waals surface area contributed by atoms with Crippen LogP contribution in [0.15, 0.2) is 48.5 Å². The average molecular weight is 436 g/mol. The van der Waals surface area contributed by atoms with E-state index in [9.17, 15) is 9.59 Å². The smallest absolute Gasteiger partial charge is 0.253 e. The van der Waals surface area contributed by atoms with Gasteiger partial charge in [0.1, 0.15) is 0 Å². The first-order valence-electron chi connectivity index (χ1n) is 12.1. The highest BCUT2D eigenvalue weighted by molar-refractivity contribution is 6.02. The first-order valence-corrected chi connectivity index (χ1v) is 12.1. The molecule has 2 aromatic carbocycles. The number of hydrogen-bond donors (Lipinski definition) is 2. The minimum Gasteiger partial charge on any atom is -0.371 e. The second-order valence-corrected chi connectivity index (χ2v) is 8.74. The molecule has 2 N–H and O–H groups in total. The molecule has 0 saturated carbocycles. The normalized spacial score (nSPS) is 14.2. The molecule has 1 aliphatic heterocycles. The van der Waals surface area contributed by atoms with Crippen molar-refractivity contribution in [1.29, 1.82) is 0 Å². The van der Waals surface area contributed by atoms with E-state index in [1.165, 1.54) is 19.3 Å². The lowest BCUT2D eigenvalue weighted by atomic mass is 10.1. The van der Waals surface area contributed by atoms with Crippen LogP contribution in [0.3, 0.4) is 0 Å². The van der Waals surface area contributed by atoms with Crippen molar-refractivity contribution in [2.24, 2.45) is 0 Å². The summed E-state index contributed by atoms with van der Waals surface area (Å²) >= 11 is 0. The van der Waals surface area contributed by atoms with Crippen LogP contribution < -0.4 is 15.5 Å². The number of hydrogen-bond acceptors (Lipinski definition) is 3. The van der Waals surface area contributed by atoms with Crippen molar-refractivity contribution in [2.75, 3.05) is 23.3 Å². The van der Waals surface area contributed by atoms with Gasteiger partial charge in [0.15, 0.2) is 0 Å². The molecule has 5 heteroatoms. The van der Waals surface area contributed by atoms with Crippen LogP contribution in [0.25, 0.3) is 0 Å². The molecule has 0 aliphatic carbocycles. The molecule has 0 radical (unpaired) electrons. The maximum atomic E-state index is 13.3. The van der Waals surface area contributed by atoms with Gasteiger partial charge in [0.05, 0.1) is 11.6 Å². The molecule has 3 rings (SSSR count). The predicted molar refractivity (Wildman–Crippen MR) is 132 cm³/mol. The van der Waals surface area contributed by atoms with E-state index >= 15 is 0 Å². The standard InChI is InChI=1S/C27H37N3O2/c1-3-4-5-6-10-15-26(31)29-23-16-17-25(30-18-11-12-19-30)24(20-23)27(32)28-21(2)22-13-8-7-9-14-22/h7-9,13-14,16-17,20-21H,3-6,10-12,15,18-19H2,1-2H3,(H,28,32)(H,29,31). The summed E-state index contributed by atoms with van der Waals surface area (Å²) in [6, 6.07) is 15.6. The second kappa shape index (κ2) is 12.3. The number of nitrogens with zero attached hydrogens (tertiary/aromatic N) is 1. The summed E-state index contributed by atoms with van der Waals surface area (Å²) in [5, 5.41) is 6.13. The molecule has 172 valence electrons. The van der Waals surface area contributed by atoms with E-state index in [0.29, 0.717) is 17.7 Å². The monoisotopic (exact) mass is 435 g/mol. The number of unbranched alkanes of at least 4 members (excludes halogenated alkanes) is 4. The van der Waals surface area contributed by atoms with Crippen molar-refractivity contribution in [3.63, 3.8) is 0 Å². The second-order valence-electron chi connectivity index (χ2n) is 8.74. The lowest BCUT2D eigenvalue weighted by molar-refractivity contribution is -0.116. The van der Waals surface area contributed by atoms with E-state index in [1.807, 2.05) is 55.5 Å². The maximum absolute atomic E-state index is 13.3. The van der Waals surface area contributed by atoms with E-state index in [1.54, 1.807) is 0 Å². The zero-order valence-corrected chi connectivity index (χ0v) is 19.5. The SMILES string of the molecule is CCCCCCCC(=O)Nc1ccc(N2CCCC2)c(C(=O)NC(C)c2ccccc2)c1. The van der Waals surface area contributed by atoms with Crippen LogP contribution in [0.2, 0.25) is 0 Å².